The highest BCUT2D eigenvalue weighted by molar-refractivity contribution is 7.08. The van der Waals surface area contributed by atoms with E-state index >= 15 is 0 Å². The van der Waals surface area contributed by atoms with Crippen molar-refractivity contribution in [1.82, 2.24) is 4.98 Å². The van der Waals surface area contributed by atoms with E-state index < -0.39 is 0 Å². The number of halogens is 2. The number of aromatic nitrogens is 1. The van der Waals surface area contributed by atoms with Crippen molar-refractivity contribution in [3.8, 4) is 0 Å². The number of nitrogens with one attached hydrogen (secondary N) is 2. The number of pyridine rings is 1. The summed E-state index contributed by atoms with van der Waals surface area (Å²) < 4.78 is 0. The molecule has 0 fully saturated rings. The van der Waals surface area contributed by atoms with Gasteiger partial charge < -0.3 is 10.7 Å². The maximum atomic E-state index is 6.06. The van der Waals surface area contributed by atoms with Crippen molar-refractivity contribution < 1.29 is 0 Å². The summed E-state index contributed by atoms with van der Waals surface area (Å²) in [5.74, 6) is 6.27. The second-order valence-corrected chi connectivity index (χ2v) is 5.29. The number of anilines is 2. The number of hydrogen-bond acceptors (Lipinski definition) is 5. The second-order valence-electron chi connectivity index (χ2n) is 3.73. The molecule has 0 amide bonds. The number of hydrogen-bond donors (Lipinski definition) is 3. The highest BCUT2D eigenvalue weighted by Crippen LogP contribution is 2.29. The number of hydrazine groups is 1. The van der Waals surface area contributed by atoms with E-state index in [0.29, 0.717) is 28.2 Å². The average Bonchev–Trinajstić information content (AvgIpc) is 2.74. The molecule has 0 aliphatic rings. The van der Waals surface area contributed by atoms with Gasteiger partial charge in [-0.15, -0.1) is 0 Å². The van der Waals surface area contributed by atoms with Gasteiger partial charge in [0.15, 0.2) is 5.82 Å². The highest BCUT2D eigenvalue weighted by atomic mass is 35.5. The van der Waals surface area contributed by atoms with Crippen LogP contribution in [0.25, 0.3) is 0 Å². The number of rotatable bonds is 4. The van der Waals surface area contributed by atoms with Crippen molar-refractivity contribution in [2.45, 2.75) is 13.5 Å². The van der Waals surface area contributed by atoms with Crippen molar-refractivity contribution in [3.05, 3.63) is 38.0 Å². The topological polar surface area (TPSA) is 63.0 Å². The van der Waals surface area contributed by atoms with E-state index in [1.54, 1.807) is 17.4 Å². The first kappa shape index (κ1) is 13.4. The van der Waals surface area contributed by atoms with E-state index in [0.717, 1.165) is 0 Å². The van der Waals surface area contributed by atoms with Gasteiger partial charge in [0.1, 0.15) is 5.82 Å². The van der Waals surface area contributed by atoms with Crippen LogP contribution in [0.1, 0.15) is 11.1 Å². The maximum absolute atomic E-state index is 6.06. The summed E-state index contributed by atoms with van der Waals surface area (Å²) in [6.07, 6.45) is 0. The molecule has 0 saturated heterocycles. The summed E-state index contributed by atoms with van der Waals surface area (Å²) >= 11 is 13.6. The smallest absolute Gasteiger partial charge is 0.161 e. The summed E-state index contributed by atoms with van der Waals surface area (Å²) in [4.78, 5) is 4.21. The van der Waals surface area contributed by atoms with E-state index in [2.05, 4.69) is 33.4 Å². The Hall–Kier alpha value is -1.01. The van der Waals surface area contributed by atoms with Crippen LogP contribution in [0.5, 0.6) is 0 Å². The first-order valence-corrected chi connectivity index (χ1v) is 6.90. The normalized spacial score (nSPS) is 10.4. The number of nitrogens with two attached hydrogens (primary N) is 1. The zero-order chi connectivity index (χ0) is 13.1. The minimum absolute atomic E-state index is 0.389. The molecule has 2 aromatic rings. The van der Waals surface area contributed by atoms with Gasteiger partial charge in [-0.2, -0.15) is 11.3 Å². The Balaban J connectivity index is 2.16. The predicted octanol–water partition coefficient (Wildman–Crippen LogP) is 3.66. The molecule has 0 radical (unpaired) electrons. The molecule has 0 atom stereocenters. The van der Waals surface area contributed by atoms with E-state index in [1.807, 2.05) is 0 Å². The van der Waals surface area contributed by atoms with Crippen LogP contribution in [-0.4, -0.2) is 4.98 Å². The van der Waals surface area contributed by atoms with Gasteiger partial charge >= 0.3 is 0 Å². The largest absolute Gasteiger partial charge is 0.365 e. The van der Waals surface area contributed by atoms with Crippen molar-refractivity contribution in [2.24, 2.45) is 5.84 Å². The van der Waals surface area contributed by atoms with E-state index in [1.165, 1.54) is 11.1 Å². The molecule has 0 aromatic carbocycles. The standard InChI is InChI=1S/C11H12Cl2N4S/c1-6-4-18-5-7(6)3-15-10-8(12)2-9(13)11(16-10)17-14/h2,4-5H,3,14H2,1H3,(H2,15,16,17). The molecule has 96 valence electrons. The second kappa shape index (κ2) is 5.75. The molecule has 2 rings (SSSR count). The van der Waals surface area contributed by atoms with E-state index in [9.17, 15) is 0 Å². The molecule has 7 heteroatoms. The molecule has 4 nitrogen and oxygen atoms in total. The summed E-state index contributed by atoms with van der Waals surface area (Å²) in [6, 6.07) is 1.61. The average molecular weight is 303 g/mol. The van der Waals surface area contributed by atoms with Crippen LogP contribution in [0.2, 0.25) is 10.0 Å². The van der Waals surface area contributed by atoms with Crippen molar-refractivity contribution in [1.29, 1.82) is 0 Å². The number of aryl methyl sites for hydroxylation is 1. The maximum Gasteiger partial charge on any atom is 0.161 e. The number of nitrogens with zero attached hydrogens (tertiary/aromatic N) is 1. The third-order valence-corrected chi connectivity index (χ3v) is 3.96. The van der Waals surface area contributed by atoms with E-state index in [-0.39, 0.29) is 0 Å². The Morgan fingerprint density at radius 2 is 2.00 bits per heavy atom. The Labute approximate surface area is 119 Å². The van der Waals surface area contributed by atoms with Crippen LogP contribution in [0.3, 0.4) is 0 Å². The van der Waals surface area contributed by atoms with E-state index in [4.69, 9.17) is 29.0 Å². The van der Waals surface area contributed by atoms with Crippen LogP contribution in [0.15, 0.2) is 16.8 Å². The minimum Gasteiger partial charge on any atom is -0.365 e. The Kier molecular flexibility index (Phi) is 4.29. The molecule has 0 unspecified atom stereocenters. The van der Waals surface area contributed by atoms with Gasteiger partial charge in [-0.1, -0.05) is 23.2 Å². The molecule has 4 N–H and O–H groups in total. The zero-order valence-electron chi connectivity index (χ0n) is 9.63. The lowest BCUT2D eigenvalue weighted by Gasteiger charge is -2.10. The van der Waals surface area contributed by atoms with Gasteiger partial charge in [0.05, 0.1) is 10.0 Å². The quantitative estimate of drug-likeness (QED) is 0.596. The molecule has 0 saturated carbocycles. The Bertz CT molecular complexity index is 556. The molecular formula is C11H12Cl2N4S. The fraction of sp³-hybridized carbons (Fsp3) is 0.182. The molecule has 2 aromatic heterocycles. The zero-order valence-corrected chi connectivity index (χ0v) is 12.0. The third kappa shape index (κ3) is 2.87. The van der Waals surface area contributed by atoms with Gasteiger partial charge in [-0.05, 0) is 34.9 Å². The van der Waals surface area contributed by atoms with Crippen LogP contribution in [-0.2, 0) is 6.54 Å². The summed E-state index contributed by atoms with van der Waals surface area (Å²) in [6.45, 7) is 2.73. The lowest BCUT2D eigenvalue weighted by molar-refractivity contribution is 1.10. The van der Waals surface area contributed by atoms with Crippen molar-refractivity contribution in [3.63, 3.8) is 0 Å². The van der Waals surface area contributed by atoms with Crippen LogP contribution >= 0.6 is 34.5 Å². The van der Waals surface area contributed by atoms with Crippen LogP contribution in [0.4, 0.5) is 11.6 Å². The minimum atomic E-state index is 0.389. The predicted molar refractivity (Wildman–Crippen MR) is 78.4 cm³/mol. The lowest BCUT2D eigenvalue weighted by Crippen LogP contribution is -2.11. The third-order valence-electron chi connectivity index (χ3n) is 2.47. The lowest BCUT2D eigenvalue weighted by atomic mass is 10.2. The first-order valence-electron chi connectivity index (χ1n) is 5.20. The molecule has 18 heavy (non-hydrogen) atoms. The van der Waals surface area contributed by atoms with Gasteiger partial charge in [-0.25, -0.2) is 10.8 Å². The van der Waals surface area contributed by atoms with Crippen LogP contribution < -0.4 is 16.6 Å². The Morgan fingerprint density at radius 1 is 1.28 bits per heavy atom. The summed E-state index contributed by atoms with van der Waals surface area (Å²) in [5.41, 5.74) is 4.89. The monoisotopic (exact) mass is 302 g/mol. The van der Waals surface area contributed by atoms with Crippen molar-refractivity contribution in [2.75, 3.05) is 10.7 Å². The van der Waals surface area contributed by atoms with Gasteiger partial charge in [0.2, 0.25) is 0 Å². The van der Waals surface area contributed by atoms with Crippen molar-refractivity contribution >= 4 is 46.2 Å². The highest BCUT2D eigenvalue weighted by Gasteiger charge is 2.09. The van der Waals surface area contributed by atoms with Gasteiger partial charge in [-0.3, -0.25) is 0 Å². The summed E-state index contributed by atoms with van der Waals surface area (Å²) in [5, 5.41) is 8.21. The molecule has 2 heterocycles. The van der Waals surface area contributed by atoms with Gasteiger partial charge in [0.25, 0.3) is 0 Å². The molecule has 0 aliphatic heterocycles. The number of thiophene rings is 1. The molecule has 0 bridgehead atoms. The van der Waals surface area contributed by atoms with Gasteiger partial charge in [0, 0.05) is 6.54 Å². The van der Waals surface area contributed by atoms with Crippen LogP contribution in [0, 0.1) is 6.92 Å². The first-order chi connectivity index (χ1) is 8.61. The SMILES string of the molecule is Cc1cscc1CNc1nc(NN)c(Cl)cc1Cl. The molecule has 0 spiro atoms. The summed E-state index contributed by atoms with van der Waals surface area (Å²) in [7, 11) is 0. The molecule has 0 aliphatic carbocycles. The fourth-order valence-corrected chi connectivity index (χ4v) is 2.78. The molecular weight excluding hydrogens is 291 g/mol. The Morgan fingerprint density at radius 3 is 2.61 bits per heavy atom. The number of nitrogen functional groups attached to an aromatic ring is 1. The fourth-order valence-electron chi connectivity index (χ4n) is 1.44.